The molecule has 0 spiro atoms. The maximum Gasteiger partial charge on any atom is 0.278 e. The molecule has 0 atom stereocenters. The number of hydrogen-bond acceptors (Lipinski definition) is 5. The summed E-state index contributed by atoms with van der Waals surface area (Å²) in [5.41, 5.74) is 6.27. The van der Waals surface area contributed by atoms with E-state index < -0.39 is 11.8 Å². The molecule has 0 saturated carbocycles. The number of hydrazone groups is 1. The van der Waals surface area contributed by atoms with Crippen LogP contribution in [0.4, 0.5) is 0 Å². The largest absolute Gasteiger partial charge is 0.366 e. The summed E-state index contributed by atoms with van der Waals surface area (Å²) in [6, 6.07) is 0. The van der Waals surface area contributed by atoms with Gasteiger partial charge in [0.2, 0.25) is 18.7 Å². The monoisotopic (exact) mass is 212 g/mol. The predicted octanol–water partition coefficient (Wildman–Crippen LogP) is -2.60. The average molecular weight is 212 g/mol. The predicted molar refractivity (Wildman–Crippen MR) is 49.2 cm³/mol. The molecule has 15 heavy (non-hydrogen) atoms. The topological polar surface area (TPSA) is 131 Å². The summed E-state index contributed by atoms with van der Waals surface area (Å²) < 4.78 is 0. The van der Waals surface area contributed by atoms with E-state index in [2.05, 4.69) is 5.10 Å². The molecule has 8 nitrogen and oxygen atoms in total. The zero-order valence-electron chi connectivity index (χ0n) is 7.47. The minimum atomic E-state index is -0.878. The Balaban J connectivity index is 4.71. The molecule has 8 heteroatoms. The molecule has 0 heterocycles. The van der Waals surface area contributed by atoms with Crippen LogP contribution in [0.3, 0.4) is 0 Å². The van der Waals surface area contributed by atoms with E-state index in [1.807, 2.05) is 5.43 Å². The molecule has 0 radical (unpaired) electrons. The molecule has 0 aromatic rings. The zero-order chi connectivity index (χ0) is 11.7. The Morgan fingerprint density at radius 3 is 2.27 bits per heavy atom. The van der Waals surface area contributed by atoms with Gasteiger partial charge in [-0.1, -0.05) is 0 Å². The van der Waals surface area contributed by atoms with E-state index in [0.29, 0.717) is 0 Å². The molecule has 0 aliphatic rings. The summed E-state index contributed by atoms with van der Waals surface area (Å²) in [6.45, 7) is 0. The van der Waals surface area contributed by atoms with Gasteiger partial charge in [0.05, 0.1) is 0 Å². The first kappa shape index (κ1) is 12.5. The number of rotatable bonds is 6. The van der Waals surface area contributed by atoms with Crippen molar-refractivity contribution in [3.63, 3.8) is 0 Å². The Labute approximate surface area is 84.2 Å². The van der Waals surface area contributed by atoms with Crippen LogP contribution >= 0.6 is 0 Å². The number of imide groups is 1. The Hall–Kier alpha value is -2.51. The van der Waals surface area contributed by atoms with Crippen molar-refractivity contribution < 1.29 is 19.2 Å². The molecule has 80 valence electrons. The SMILES string of the molecule is NC(=O)C=CC(=NNC=O)C(=O)NC=O. The molecule has 4 N–H and O–H groups in total. The Morgan fingerprint density at radius 2 is 1.80 bits per heavy atom. The van der Waals surface area contributed by atoms with Gasteiger partial charge in [0, 0.05) is 6.08 Å². The van der Waals surface area contributed by atoms with Gasteiger partial charge in [-0.15, -0.1) is 0 Å². The van der Waals surface area contributed by atoms with E-state index in [0.717, 1.165) is 12.2 Å². The van der Waals surface area contributed by atoms with E-state index in [1.165, 1.54) is 0 Å². The second-order valence-corrected chi connectivity index (χ2v) is 2.07. The molecule has 0 fully saturated rings. The van der Waals surface area contributed by atoms with E-state index in [9.17, 15) is 19.2 Å². The van der Waals surface area contributed by atoms with E-state index in [-0.39, 0.29) is 18.5 Å². The number of carbonyl (C=O) groups is 4. The van der Waals surface area contributed by atoms with Crippen molar-refractivity contribution in [3.05, 3.63) is 12.2 Å². The molecular weight excluding hydrogens is 204 g/mol. The van der Waals surface area contributed by atoms with E-state index in [1.54, 1.807) is 5.32 Å². The number of amides is 4. The normalized spacial score (nSPS) is 10.8. The summed E-state index contributed by atoms with van der Waals surface area (Å²) >= 11 is 0. The van der Waals surface area contributed by atoms with Gasteiger partial charge in [-0.2, -0.15) is 5.10 Å². The number of primary amides is 1. The first-order valence-electron chi connectivity index (χ1n) is 3.60. The van der Waals surface area contributed by atoms with Crippen LogP contribution in [-0.2, 0) is 19.2 Å². The maximum absolute atomic E-state index is 11.0. The van der Waals surface area contributed by atoms with Gasteiger partial charge in [-0.25, -0.2) is 5.43 Å². The smallest absolute Gasteiger partial charge is 0.278 e. The second-order valence-electron chi connectivity index (χ2n) is 2.07. The van der Waals surface area contributed by atoms with Crippen molar-refractivity contribution in [2.75, 3.05) is 0 Å². The van der Waals surface area contributed by atoms with Crippen molar-refractivity contribution in [1.82, 2.24) is 10.7 Å². The van der Waals surface area contributed by atoms with Gasteiger partial charge in [0.15, 0.2) is 0 Å². The molecule has 0 aromatic heterocycles. The lowest BCUT2D eigenvalue weighted by molar-refractivity contribution is -0.120. The molecule has 0 aliphatic carbocycles. The summed E-state index contributed by atoms with van der Waals surface area (Å²) in [4.78, 5) is 41.2. The summed E-state index contributed by atoms with van der Waals surface area (Å²) in [5, 5.41) is 5.03. The van der Waals surface area contributed by atoms with Crippen LogP contribution in [-0.4, -0.2) is 30.3 Å². The Morgan fingerprint density at radius 1 is 1.13 bits per heavy atom. The van der Waals surface area contributed by atoms with Crippen LogP contribution in [0.5, 0.6) is 0 Å². The van der Waals surface area contributed by atoms with Crippen LogP contribution in [0, 0.1) is 0 Å². The highest BCUT2D eigenvalue weighted by Crippen LogP contribution is 1.81. The maximum atomic E-state index is 11.0. The van der Waals surface area contributed by atoms with Gasteiger partial charge in [0.25, 0.3) is 5.91 Å². The molecule has 4 amide bonds. The minimum absolute atomic E-state index is 0.136. The van der Waals surface area contributed by atoms with Crippen LogP contribution < -0.4 is 16.5 Å². The van der Waals surface area contributed by atoms with Crippen molar-refractivity contribution in [1.29, 1.82) is 0 Å². The van der Waals surface area contributed by atoms with Crippen LogP contribution in [0.15, 0.2) is 17.3 Å². The highest BCUT2D eigenvalue weighted by molar-refractivity contribution is 6.45. The number of nitrogens with zero attached hydrogens (tertiary/aromatic N) is 1. The third-order valence-corrected chi connectivity index (χ3v) is 1.07. The number of nitrogens with one attached hydrogen (secondary N) is 2. The third-order valence-electron chi connectivity index (χ3n) is 1.07. The summed E-state index contributed by atoms with van der Waals surface area (Å²) in [5.74, 6) is -1.68. The van der Waals surface area contributed by atoms with E-state index in [4.69, 9.17) is 5.73 Å². The number of nitrogens with two attached hydrogens (primary N) is 1. The van der Waals surface area contributed by atoms with Crippen molar-refractivity contribution in [2.45, 2.75) is 0 Å². The summed E-state index contributed by atoms with van der Waals surface area (Å²) in [6.07, 6.45) is 2.16. The Kier molecular flexibility index (Phi) is 5.79. The lowest BCUT2D eigenvalue weighted by Gasteiger charge is -1.96. The Bertz CT molecular complexity index is 334. The van der Waals surface area contributed by atoms with Crippen molar-refractivity contribution in [2.24, 2.45) is 10.8 Å². The van der Waals surface area contributed by atoms with Crippen LogP contribution in [0.1, 0.15) is 0 Å². The molecule has 0 bridgehead atoms. The average Bonchev–Trinajstić information content (AvgIpc) is 2.17. The molecule has 0 aliphatic heterocycles. The second kappa shape index (κ2) is 6.95. The zero-order valence-corrected chi connectivity index (χ0v) is 7.47. The first-order chi connectivity index (χ1) is 7.11. The molecule has 0 rings (SSSR count). The fourth-order valence-corrected chi connectivity index (χ4v) is 0.548. The molecule has 0 aromatic carbocycles. The van der Waals surface area contributed by atoms with Gasteiger partial charge in [-0.3, -0.25) is 24.5 Å². The summed E-state index contributed by atoms with van der Waals surface area (Å²) in [7, 11) is 0. The van der Waals surface area contributed by atoms with Crippen LogP contribution in [0.25, 0.3) is 0 Å². The standard InChI is InChI=1S/C7H8N4O4/c8-6(14)2-1-5(11-10-4-13)7(15)9-3-12/h1-4H,(H2,8,14)(H,10,13)(H,9,12,15). The van der Waals surface area contributed by atoms with Gasteiger partial charge in [-0.05, 0) is 6.08 Å². The number of hydrogen-bond donors (Lipinski definition) is 3. The quantitative estimate of drug-likeness (QED) is 0.193. The molecular formula is C7H8N4O4. The van der Waals surface area contributed by atoms with Crippen molar-refractivity contribution in [3.8, 4) is 0 Å². The van der Waals surface area contributed by atoms with Gasteiger partial charge < -0.3 is 5.73 Å². The van der Waals surface area contributed by atoms with Crippen molar-refractivity contribution >= 4 is 30.3 Å². The molecule has 0 saturated heterocycles. The highest BCUT2D eigenvalue weighted by atomic mass is 16.2. The first-order valence-corrected chi connectivity index (χ1v) is 3.60. The fourth-order valence-electron chi connectivity index (χ4n) is 0.548. The third kappa shape index (κ3) is 5.69. The highest BCUT2D eigenvalue weighted by Gasteiger charge is 2.07. The number of carbonyl (C=O) groups excluding carboxylic acids is 4. The van der Waals surface area contributed by atoms with Gasteiger partial charge >= 0.3 is 0 Å². The lowest BCUT2D eigenvalue weighted by Crippen LogP contribution is -2.30. The fraction of sp³-hybridized carbons (Fsp3) is 0. The minimum Gasteiger partial charge on any atom is -0.366 e. The van der Waals surface area contributed by atoms with E-state index >= 15 is 0 Å². The van der Waals surface area contributed by atoms with Gasteiger partial charge in [0.1, 0.15) is 5.71 Å². The molecule has 0 unspecified atom stereocenters. The lowest BCUT2D eigenvalue weighted by atomic mass is 10.3. The van der Waals surface area contributed by atoms with Crippen LogP contribution in [0.2, 0.25) is 0 Å².